The molecule has 0 saturated heterocycles. The number of Topliss-reactive ketones (excluding diaryl/α,β-unsaturated/α-hetero) is 1. The number of rotatable bonds is 8. The Morgan fingerprint density at radius 3 is 1.90 bits per heavy atom. The number of ketones is 1. The molecule has 0 fully saturated rings. The summed E-state index contributed by atoms with van der Waals surface area (Å²) < 4.78 is 17.2. The predicted octanol–water partition coefficient (Wildman–Crippen LogP) is 3.22. The fourth-order valence-corrected chi connectivity index (χ4v) is 3.74. The van der Waals surface area contributed by atoms with Crippen molar-refractivity contribution in [2.75, 3.05) is 55.5 Å². The predicted molar refractivity (Wildman–Crippen MR) is 122 cm³/mol. The number of hydrogen-bond acceptors (Lipinski definition) is 7. The molecular formula is C24H28N2O5. The minimum absolute atomic E-state index is 0.0242. The van der Waals surface area contributed by atoms with E-state index in [1.54, 1.807) is 51.4 Å². The van der Waals surface area contributed by atoms with Gasteiger partial charge in [0.1, 0.15) is 17.2 Å². The number of fused-ring (bicyclic) bond motifs is 2. The van der Waals surface area contributed by atoms with Crippen LogP contribution in [0.3, 0.4) is 0 Å². The largest absolute Gasteiger partial charge is 0.495 e. The highest BCUT2D eigenvalue weighted by atomic mass is 16.5. The summed E-state index contributed by atoms with van der Waals surface area (Å²) in [5.41, 5.74) is 0.554. The van der Waals surface area contributed by atoms with Gasteiger partial charge in [-0.05, 0) is 34.3 Å². The van der Waals surface area contributed by atoms with Crippen molar-refractivity contribution in [3.8, 4) is 17.2 Å². The number of carbonyl (C=O) groups is 2. The summed E-state index contributed by atoms with van der Waals surface area (Å²) in [5.74, 6) is 1.04. The molecule has 0 atom stereocenters. The lowest BCUT2D eigenvalue weighted by atomic mass is 9.94. The summed E-state index contributed by atoms with van der Waals surface area (Å²) in [6, 6.07) is 10.9. The minimum Gasteiger partial charge on any atom is -0.495 e. The Bertz CT molecular complexity index is 1140. The highest BCUT2D eigenvalue weighted by Gasteiger charge is 2.23. The summed E-state index contributed by atoms with van der Waals surface area (Å²) in [5, 5.41) is 2.72. The molecule has 0 aliphatic heterocycles. The van der Waals surface area contributed by atoms with Crippen LogP contribution in [-0.2, 0) is 4.79 Å². The molecule has 0 aliphatic carbocycles. The fourth-order valence-electron chi connectivity index (χ4n) is 3.74. The number of benzene rings is 3. The van der Waals surface area contributed by atoms with E-state index in [-0.39, 0.29) is 24.8 Å². The second-order valence-electron chi connectivity index (χ2n) is 7.85. The van der Waals surface area contributed by atoms with Crippen molar-refractivity contribution in [3.63, 3.8) is 0 Å². The molecule has 0 bridgehead atoms. The van der Waals surface area contributed by atoms with Crippen LogP contribution in [0.4, 0.5) is 0 Å². The van der Waals surface area contributed by atoms with Gasteiger partial charge in [-0.15, -0.1) is 0 Å². The number of hydrogen-bond donors (Lipinski definition) is 0. The van der Waals surface area contributed by atoms with Crippen LogP contribution in [0.25, 0.3) is 21.5 Å². The third-order valence-electron chi connectivity index (χ3n) is 4.87. The van der Waals surface area contributed by atoms with E-state index in [4.69, 9.17) is 14.2 Å². The first kappa shape index (κ1) is 22.5. The van der Waals surface area contributed by atoms with E-state index in [0.29, 0.717) is 44.4 Å². The minimum atomic E-state index is -0.381. The zero-order valence-electron chi connectivity index (χ0n) is 18.8. The number of ether oxygens (including phenoxy) is 3. The van der Waals surface area contributed by atoms with Crippen LogP contribution in [0.2, 0.25) is 0 Å². The first-order valence-corrected chi connectivity index (χ1v) is 9.91. The second kappa shape index (κ2) is 9.32. The first-order valence-electron chi connectivity index (χ1n) is 9.91. The van der Waals surface area contributed by atoms with Gasteiger partial charge in [0, 0.05) is 21.7 Å². The normalized spacial score (nSPS) is 11.4. The van der Waals surface area contributed by atoms with Crippen LogP contribution in [-0.4, -0.2) is 77.1 Å². The molecule has 3 aromatic rings. The summed E-state index contributed by atoms with van der Waals surface area (Å²) in [7, 11) is 10.4. The lowest BCUT2D eigenvalue weighted by Gasteiger charge is -2.19. The Morgan fingerprint density at radius 2 is 1.32 bits per heavy atom. The maximum Gasteiger partial charge on any atom is 0.325 e. The Labute approximate surface area is 182 Å². The molecule has 0 radical (unpaired) electrons. The Balaban J connectivity index is 2.34. The van der Waals surface area contributed by atoms with Gasteiger partial charge in [-0.3, -0.25) is 14.5 Å². The van der Waals surface area contributed by atoms with Gasteiger partial charge in [0.25, 0.3) is 0 Å². The van der Waals surface area contributed by atoms with Crippen molar-refractivity contribution in [2.45, 2.75) is 0 Å². The van der Waals surface area contributed by atoms with Gasteiger partial charge in [0.05, 0.1) is 32.7 Å². The summed E-state index contributed by atoms with van der Waals surface area (Å²) in [4.78, 5) is 28.9. The van der Waals surface area contributed by atoms with E-state index >= 15 is 0 Å². The molecule has 0 unspecified atom stereocenters. The van der Waals surface area contributed by atoms with Gasteiger partial charge in [-0.1, -0.05) is 30.3 Å². The lowest BCUT2D eigenvalue weighted by molar-refractivity contribution is -0.134. The molecular weight excluding hydrogens is 396 g/mol. The maximum absolute atomic E-state index is 13.0. The van der Waals surface area contributed by atoms with E-state index in [1.165, 1.54) is 0 Å². The van der Waals surface area contributed by atoms with Gasteiger partial charge in [-0.2, -0.15) is 0 Å². The molecule has 3 rings (SSSR count). The molecule has 0 amide bonds. The number of methoxy groups -OCH3 is 2. The van der Waals surface area contributed by atoms with E-state index in [0.717, 1.165) is 0 Å². The second-order valence-corrected chi connectivity index (χ2v) is 7.85. The summed E-state index contributed by atoms with van der Waals surface area (Å²) >= 11 is 0. The van der Waals surface area contributed by atoms with Gasteiger partial charge in [-0.25, -0.2) is 0 Å². The molecule has 0 saturated carbocycles. The average Bonchev–Trinajstić information content (AvgIpc) is 2.70. The quantitative estimate of drug-likeness (QED) is 0.238. The highest BCUT2D eigenvalue weighted by Crippen LogP contribution is 2.47. The zero-order chi connectivity index (χ0) is 22.7. The zero-order valence-corrected chi connectivity index (χ0v) is 18.8. The Morgan fingerprint density at radius 1 is 0.774 bits per heavy atom. The molecule has 0 N–H and O–H groups in total. The van der Waals surface area contributed by atoms with Crippen molar-refractivity contribution in [1.29, 1.82) is 0 Å². The van der Waals surface area contributed by atoms with Crippen LogP contribution < -0.4 is 14.2 Å². The monoisotopic (exact) mass is 424 g/mol. The van der Waals surface area contributed by atoms with Crippen molar-refractivity contribution in [3.05, 3.63) is 42.0 Å². The van der Waals surface area contributed by atoms with Crippen molar-refractivity contribution < 1.29 is 23.8 Å². The highest BCUT2D eigenvalue weighted by molar-refractivity contribution is 6.20. The number of likely N-dealkylation sites (N-methyl/N-ethyl adjacent to an activating group) is 2. The fraction of sp³-hybridized carbons (Fsp3) is 0.333. The first-order chi connectivity index (χ1) is 14.8. The van der Waals surface area contributed by atoms with Crippen LogP contribution in [0, 0.1) is 0 Å². The maximum atomic E-state index is 13.0. The van der Waals surface area contributed by atoms with Gasteiger partial charge in [0.2, 0.25) is 0 Å². The molecule has 7 heteroatoms. The number of nitrogens with zero attached hydrogens (tertiary/aromatic N) is 2. The van der Waals surface area contributed by atoms with Crippen LogP contribution in [0.5, 0.6) is 17.2 Å². The standard InChI is InChI=1S/C24H28N2O5/c1-25(2)13-18(27)15-9-7-10-16-21(15)23(29-5)17-11-8-12-19(22(17)24(16)30-6)31-20(28)14-26(3)4/h7-12H,13-14H2,1-6H3. The smallest absolute Gasteiger partial charge is 0.325 e. The topological polar surface area (TPSA) is 68.3 Å². The molecule has 0 aromatic heterocycles. The third kappa shape index (κ3) is 4.47. The molecule has 0 aliphatic rings. The van der Waals surface area contributed by atoms with Gasteiger partial charge < -0.3 is 19.1 Å². The van der Waals surface area contributed by atoms with Crippen LogP contribution in [0.15, 0.2) is 36.4 Å². The lowest BCUT2D eigenvalue weighted by Crippen LogP contribution is -2.25. The SMILES string of the molecule is COc1c2cccc(C(=O)CN(C)C)c2c(OC)c2cccc(OC(=O)CN(C)C)c12. The number of esters is 1. The van der Waals surface area contributed by atoms with Crippen LogP contribution >= 0.6 is 0 Å². The summed E-state index contributed by atoms with van der Waals surface area (Å²) in [6.07, 6.45) is 0. The molecule has 0 heterocycles. The molecule has 7 nitrogen and oxygen atoms in total. The molecule has 0 spiro atoms. The van der Waals surface area contributed by atoms with Gasteiger partial charge >= 0.3 is 5.97 Å². The van der Waals surface area contributed by atoms with E-state index < -0.39 is 0 Å². The Hall–Kier alpha value is -3.16. The number of carbonyl (C=O) groups excluding carboxylic acids is 2. The van der Waals surface area contributed by atoms with Crippen molar-refractivity contribution >= 4 is 33.3 Å². The van der Waals surface area contributed by atoms with E-state index in [9.17, 15) is 9.59 Å². The van der Waals surface area contributed by atoms with Crippen LogP contribution in [0.1, 0.15) is 10.4 Å². The summed E-state index contributed by atoms with van der Waals surface area (Å²) in [6.45, 7) is 0.414. The van der Waals surface area contributed by atoms with E-state index in [1.807, 2.05) is 37.2 Å². The van der Waals surface area contributed by atoms with Crippen molar-refractivity contribution in [1.82, 2.24) is 9.80 Å². The van der Waals surface area contributed by atoms with Crippen molar-refractivity contribution in [2.24, 2.45) is 0 Å². The molecule has 164 valence electrons. The molecule has 3 aromatic carbocycles. The average molecular weight is 424 g/mol. The van der Waals surface area contributed by atoms with Gasteiger partial charge in [0.15, 0.2) is 5.78 Å². The van der Waals surface area contributed by atoms with E-state index in [2.05, 4.69) is 0 Å². The molecule has 31 heavy (non-hydrogen) atoms. The third-order valence-corrected chi connectivity index (χ3v) is 4.87. The Kier molecular flexibility index (Phi) is 6.77.